The topological polar surface area (TPSA) is 60.7 Å². The van der Waals surface area contributed by atoms with Crippen LogP contribution in [0.2, 0.25) is 0 Å². The standard InChI is InChI=1S/C20H24O3/c1-13-10-15(11-14(2)19(13)23)20(8-4-3-5-9-20)17-7-6-16(21)12-18(17)22/h6-7,10-12,21-23H,3-5,8-9H2,1-2H3. The lowest BCUT2D eigenvalue weighted by atomic mass is 9.64. The average Bonchev–Trinajstić information content (AvgIpc) is 2.52. The minimum absolute atomic E-state index is 0.0790. The van der Waals surface area contributed by atoms with Crippen molar-refractivity contribution < 1.29 is 15.3 Å². The number of aryl methyl sites for hydroxylation is 2. The fourth-order valence-electron chi connectivity index (χ4n) is 4.03. The molecule has 0 atom stereocenters. The second-order valence-corrected chi connectivity index (χ2v) is 6.80. The molecule has 0 aliphatic heterocycles. The fraction of sp³-hybridized carbons (Fsp3) is 0.400. The molecule has 0 spiro atoms. The van der Waals surface area contributed by atoms with Gasteiger partial charge in [0.1, 0.15) is 17.2 Å². The summed E-state index contributed by atoms with van der Waals surface area (Å²) in [5, 5.41) is 30.2. The van der Waals surface area contributed by atoms with Gasteiger partial charge in [-0.2, -0.15) is 0 Å². The van der Waals surface area contributed by atoms with Crippen molar-refractivity contribution in [1.82, 2.24) is 0 Å². The summed E-state index contributed by atoms with van der Waals surface area (Å²) in [5.74, 6) is 0.570. The molecule has 0 radical (unpaired) electrons. The lowest BCUT2D eigenvalue weighted by Gasteiger charge is -2.39. The number of phenols is 3. The normalized spacial score (nSPS) is 17.1. The Morgan fingerprint density at radius 3 is 2.00 bits per heavy atom. The summed E-state index contributed by atoms with van der Waals surface area (Å²) in [5.41, 5.74) is 3.50. The van der Waals surface area contributed by atoms with Gasteiger partial charge in [0.25, 0.3) is 0 Å². The van der Waals surface area contributed by atoms with Gasteiger partial charge in [-0.25, -0.2) is 0 Å². The number of phenolic OH excluding ortho intramolecular Hbond substituents is 3. The van der Waals surface area contributed by atoms with Crippen LogP contribution < -0.4 is 0 Å². The first-order valence-corrected chi connectivity index (χ1v) is 8.27. The molecule has 0 amide bonds. The summed E-state index contributed by atoms with van der Waals surface area (Å²) in [6.45, 7) is 3.83. The molecule has 3 heteroatoms. The van der Waals surface area contributed by atoms with Crippen molar-refractivity contribution in [3.05, 3.63) is 52.6 Å². The molecule has 122 valence electrons. The van der Waals surface area contributed by atoms with Gasteiger partial charge in [-0.1, -0.05) is 37.5 Å². The Kier molecular flexibility index (Phi) is 3.97. The molecular formula is C20H24O3. The maximum Gasteiger partial charge on any atom is 0.123 e. The van der Waals surface area contributed by atoms with E-state index in [0.717, 1.165) is 47.9 Å². The van der Waals surface area contributed by atoms with Crippen molar-refractivity contribution in [2.24, 2.45) is 0 Å². The van der Waals surface area contributed by atoms with Crippen molar-refractivity contribution in [3.8, 4) is 17.2 Å². The van der Waals surface area contributed by atoms with Gasteiger partial charge in [-0.3, -0.25) is 0 Å². The van der Waals surface area contributed by atoms with Crippen LogP contribution in [-0.4, -0.2) is 15.3 Å². The molecule has 1 saturated carbocycles. The first kappa shape index (κ1) is 15.7. The maximum atomic E-state index is 10.5. The van der Waals surface area contributed by atoms with E-state index in [0.29, 0.717) is 5.75 Å². The summed E-state index contributed by atoms with van der Waals surface area (Å²) >= 11 is 0. The second kappa shape index (κ2) is 5.80. The van der Waals surface area contributed by atoms with Gasteiger partial charge < -0.3 is 15.3 Å². The Hall–Kier alpha value is -2.16. The Morgan fingerprint density at radius 1 is 0.826 bits per heavy atom. The first-order chi connectivity index (χ1) is 10.9. The van der Waals surface area contributed by atoms with E-state index >= 15 is 0 Å². The highest BCUT2D eigenvalue weighted by atomic mass is 16.3. The molecule has 23 heavy (non-hydrogen) atoms. The monoisotopic (exact) mass is 312 g/mol. The highest BCUT2D eigenvalue weighted by molar-refractivity contribution is 5.53. The summed E-state index contributed by atoms with van der Waals surface area (Å²) in [6, 6.07) is 8.99. The van der Waals surface area contributed by atoms with Crippen LogP contribution in [0.3, 0.4) is 0 Å². The molecule has 0 bridgehead atoms. The van der Waals surface area contributed by atoms with E-state index in [4.69, 9.17) is 0 Å². The number of hydrogen-bond donors (Lipinski definition) is 3. The summed E-state index contributed by atoms with van der Waals surface area (Å²) in [6.07, 6.45) is 5.36. The van der Waals surface area contributed by atoms with E-state index in [1.807, 2.05) is 32.0 Å². The Bertz CT molecular complexity index is 705. The van der Waals surface area contributed by atoms with Crippen LogP contribution in [0.1, 0.15) is 54.4 Å². The zero-order valence-corrected chi connectivity index (χ0v) is 13.8. The summed E-state index contributed by atoms with van der Waals surface area (Å²) in [7, 11) is 0. The fourth-order valence-corrected chi connectivity index (χ4v) is 4.03. The summed E-state index contributed by atoms with van der Waals surface area (Å²) < 4.78 is 0. The number of aromatic hydroxyl groups is 3. The minimum atomic E-state index is -0.251. The molecule has 1 aliphatic rings. The van der Waals surface area contributed by atoms with E-state index < -0.39 is 0 Å². The third-order valence-corrected chi connectivity index (χ3v) is 5.25. The summed E-state index contributed by atoms with van der Waals surface area (Å²) in [4.78, 5) is 0. The van der Waals surface area contributed by atoms with Crippen molar-refractivity contribution in [1.29, 1.82) is 0 Å². The third kappa shape index (κ3) is 2.65. The van der Waals surface area contributed by atoms with Crippen LogP contribution >= 0.6 is 0 Å². The van der Waals surface area contributed by atoms with Crippen molar-refractivity contribution in [2.45, 2.75) is 51.4 Å². The molecule has 3 N–H and O–H groups in total. The largest absolute Gasteiger partial charge is 0.508 e. The Labute approximate surface area is 137 Å². The van der Waals surface area contributed by atoms with Crippen LogP contribution in [0.25, 0.3) is 0 Å². The SMILES string of the molecule is Cc1cc(C2(c3ccc(O)cc3O)CCCCC2)cc(C)c1O. The van der Waals surface area contributed by atoms with E-state index in [-0.39, 0.29) is 16.9 Å². The molecule has 0 unspecified atom stereocenters. The van der Waals surface area contributed by atoms with Gasteiger partial charge in [-0.15, -0.1) is 0 Å². The van der Waals surface area contributed by atoms with E-state index in [1.165, 1.54) is 12.5 Å². The van der Waals surface area contributed by atoms with E-state index in [2.05, 4.69) is 0 Å². The quantitative estimate of drug-likeness (QED) is 0.755. The van der Waals surface area contributed by atoms with E-state index in [1.54, 1.807) is 6.07 Å². The highest BCUT2D eigenvalue weighted by Crippen LogP contribution is 2.49. The molecule has 1 fully saturated rings. The van der Waals surface area contributed by atoms with Crippen LogP contribution in [0.15, 0.2) is 30.3 Å². The van der Waals surface area contributed by atoms with Gasteiger partial charge in [-0.05, 0) is 49.4 Å². The zero-order chi connectivity index (χ0) is 16.6. The predicted octanol–water partition coefficient (Wildman–Crippen LogP) is 4.67. The molecule has 1 aliphatic carbocycles. The molecule has 0 saturated heterocycles. The predicted molar refractivity (Wildman–Crippen MR) is 91.2 cm³/mol. The van der Waals surface area contributed by atoms with Crippen molar-refractivity contribution in [2.75, 3.05) is 0 Å². The molecule has 0 aromatic heterocycles. The minimum Gasteiger partial charge on any atom is -0.508 e. The van der Waals surface area contributed by atoms with Crippen LogP contribution in [-0.2, 0) is 5.41 Å². The van der Waals surface area contributed by atoms with E-state index in [9.17, 15) is 15.3 Å². The molecule has 3 nitrogen and oxygen atoms in total. The van der Waals surface area contributed by atoms with Gasteiger partial charge in [0.05, 0.1) is 0 Å². The highest BCUT2D eigenvalue weighted by Gasteiger charge is 2.38. The van der Waals surface area contributed by atoms with Crippen LogP contribution in [0.5, 0.6) is 17.2 Å². The van der Waals surface area contributed by atoms with Gasteiger partial charge in [0.15, 0.2) is 0 Å². The van der Waals surface area contributed by atoms with Crippen LogP contribution in [0.4, 0.5) is 0 Å². The number of hydrogen-bond acceptors (Lipinski definition) is 3. The Balaban J connectivity index is 2.21. The van der Waals surface area contributed by atoms with Gasteiger partial charge in [0, 0.05) is 17.0 Å². The molecule has 2 aromatic carbocycles. The first-order valence-electron chi connectivity index (χ1n) is 8.27. The van der Waals surface area contributed by atoms with Crippen LogP contribution in [0, 0.1) is 13.8 Å². The number of benzene rings is 2. The van der Waals surface area contributed by atoms with Crippen molar-refractivity contribution in [3.63, 3.8) is 0 Å². The maximum absolute atomic E-state index is 10.5. The molecular weight excluding hydrogens is 288 g/mol. The third-order valence-electron chi connectivity index (χ3n) is 5.25. The number of rotatable bonds is 2. The van der Waals surface area contributed by atoms with Crippen molar-refractivity contribution >= 4 is 0 Å². The lowest BCUT2D eigenvalue weighted by molar-refractivity contribution is 0.331. The zero-order valence-electron chi connectivity index (χ0n) is 13.8. The van der Waals surface area contributed by atoms with Gasteiger partial charge >= 0.3 is 0 Å². The smallest absolute Gasteiger partial charge is 0.123 e. The molecule has 0 heterocycles. The Morgan fingerprint density at radius 2 is 1.43 bits per heavy atom. The average molecular weight is 312 g/mol. The molecule has 2 aromatic rings. The lowest BCUT2D eigenvalue weighted by Crippen LogP contribution is -2.30. The van der Waals surface area contributed by atoms with Gasteiger partial charge in [0.2, 0.25) is 0 Å². The second-order valence-electron chi connectivity index (χ2n) is 6.80. The molecule has 3 rings (SSSR count).